The van der Waals surface area contributed by atoms with Crippen molar-refractivity contribution in [2.75, 3.05) is 12.4 Å². The number of H-pyrrole nitrogens is 1. The molecule has 3 nitrogen and oxygen atoms in total. The molecule has 102 valence electrons. The van der Waals surface area contributed by atoms with E-state index in [1.165, 1.54) is 0 Å². The van der Waals surface area contributed by atoms with Gasteiger partial charge < -0.3 is 10.3 Å². The summed E-state index contributed by atoms with van der Waals surface area (Å²) in [5, 5.41) is 3.06. The maximum atomic E-state index is 4.61. The number of hydrogen-bond acceptors (Lipinski definition) is 2. The fourth-order valence-corrected chi connectivity index (χ4v) is 2.11. The Bertz CT molecular complexity index is 606. The van der Waals surface area contributed by atoms with E-state index in [1.54, 1.807) is 0 Å². The second-order valence-corrected chi connectivity index (χ2v) is 4.29. The summed E-state index contributed by atoms with van der Waals surface area (Å²) >= 11 is 0. The number of benzene rings is 2. The van der Waals surface area contributed by atoms with Crippen LogP contribution in [0.15, 0.2) is 60.7 Å². The Balaban J connectivity index is 0.00000147. The van der Waals surface area contributed by atoms with E-state index in [2.05, 4.69) is 39.6 Å². The van der Waals surface area contributed by atoms with Gasteiger partial charge >= 0.3 is 0 Å². The molecule has 3 aromatic rings. The van der Waals surface area contributed by atoms with Crippen molar-refractivity contribution >= 4 is 18.4 Å². The zero-order valence-electron chi connectivity index (χ0n) is 11.1. The standard InChI is InChI=1S/C16H15N3.ClH/c1-17-16-18-14(12-8-4-2-5-9-12)15(19-16)13-10-6-3-7-11-13;/h2-11H,1H3,(H2,17,18,19);1H. The van der Waals surface area contributed by atoms with Gasteiger partial charge in [0.25, 0.3) is 0 Å². The maximum absolute atomic E-state index is 4.61. The van der Waals surface area contributed by atoms with Crippen molar-refractivity contribution in [3.8, 4) is 22.5 Å². The lowest BCUT2D eigenvalue weighted by molar-refractivity contribution is 1.26. The molecule has 0 spiro atoms. The van der Waals surface area contributed by atoms with Gasteiger partial charge in [-0.25, -0.2) is 4.98 Å². The molecule has 3 rings (SSSR count). The molecule has 0 aliphatic carbocycles. The molecule has 20 heavy (non-hydrogen) atoms. The van der Waals surface area contributed by atoms with Crippen LogP contribution in [0.1, 0.15) is 0 Å². The fraction of sp³-hybridized carbons (Fsp3) is 0.0625. The molecule has 1 heterocycles. The van der Waals surface area contributed by atoms with Crippen molar-refractivity contribution in [3.63, 3.8) is 0 Å². The minimum Gasteiger partial charge on any atom is -0.359 e. The average Bonchev–Trinajstić information content (AvgIpc) is 2.93. The van der Waals surface area contributed by atoms with E-state index in [0.717, 1.165) is 28.5 Å². The van der Waals surface area contributed by atoms with Gasteiger partial charge in [0.05, 0.1) is 11.4 Å². The quantitative estimate of drug-likeness (QED) is 0.757. The molecule has 0 saturated carbocycles. The van der Waals surface area contributed by atoms with Crippen LogP contribution in [0.2, 0.25) is 0 Å². The number of nitrogens with zero attached hydrogens (tertiary/aromatic N) is 1. The van der Waals surface area contributed by atoms with Crippen LogP contribution in [-0.2, 0) is 0 Å². The molecule has 2 N–H and O–H groups in total. The highest BCUT2D eigenvalue weighted by Crippen LogP contribution is 2.30. The Morgan fingerprint density at radius 2 is 1.40 bits per heavy atom. The molecule has 2 aromatic carbocycles. The Morgan fingerprint density at radius 3 is 1.95 bits per heavy atom. The van der Waals surface area contributed by atoms with Gasteiger partial charge in [0.15, 0.2) is 0 Å². The number of nitrogens with one attached hydrogen (secondary N) is 2. The second-order valence-electron chi connectivity index (χ2n) is 4.29. The van der Waals surface area contributed by atoms with Gasteiger partial charge in [0.1, 0.15) is 0 Å². The molecule has 0 aliphatic rings. The number of rotatable bonds is 3. The number of hydrogen-bond donors (Lipinski definition) is 2. The molecule has 1 aromatic heterocycles. The van der Waals surface area contributed by atoms with E-state index >= 15 is 0 Å². The normalized spacial score (nSPS) is 9.85. The van der Waals surface area contributed by atoms with E-state index in [9.17, 15) is 0 Å². The van der Waals surface area contributed by atoms with Crippen LogP contribution in [0.3, 0.4) is 0 Å². The largest absolute Gasteiger partial charge is 0.359 e. The van der Waals surface area contributed by atoms with Crippen LogP contribution in [0.4, 0.5) is 5.95 Å². The average molecular weight is 286 g/mol. The Hall–Kier alpha value is -2.26. The zero-order valence-corrected chi connectivity index (χ0v) is 11.9. The monoisotopic (exact) mass is 285 g/mol. The predicted octanol–water partition coefficient (Wildman–Crippen LogP) is 4.21. The summed E-state index contributed by atoms with van der Waals surface area (Å²) in [7, 11) is 1.86. The molecule has 0 unspecified atom stereocenters. The van der Waals surface area contributed by atoms with E-state index < -0.39 is 0 Å². The van der Waals surface area contributed by atoms with Crippen LogP contribution < -0.4 is 5.32 Å². The molecule has 0 bridgehead atoms. The first kappa shape index (κ1) is 14.2. The van der Waals surface area contributed by atoms with Crippen LogP contribution in [0, 0.1) is 0 Å². The van der Waals surface area contributed by atoms with Crippen molar-refractivity contribution in [2.24, 2.45) is 0 Å². The van der Waals surface area contributed by atoms with Crippen molar-refractivity contribution < 1.29 is 0 Å². The minimum atomic E-state index is 0. The predicted molar refractivity (Wildman–Crippen MR) is 86.3 cm³/mol. The highest BCUT2D eigenvalue weighted by Gasteiger charge is 2.12. The number of aromatic nitrogens is 2. The Labute approximate surface area is 124 Å². The molecule has 0 aliphatic heterocycles. The van der Waals surface area contributed by atoms with Crippen molar-refractivity contribution in [1.82, 2.24) is 9.97 Å². The molecule has 0 fully saturated rings. The summed E-state index contributed by atoms with van der Waals surface area (Å²) in [5.74, 6) is 0.776. The van der Waals surface area contributed by atoms with Crippen molar-refractivity contribution in [3.05, 3.63) is 60.7 Å². The molecule has 0 atom stereocenters. The van der Waals surface area contributed by atoms with Gasteiger partial charge in [-0.15, -0.1) is 12.4 Å². The lowest BCUT2D eigenvalue weighted by atomic mass is 10.1. The highest BCUT2D eigenvalue weighted by atomic mass is 35.5. The summed E-state index contributed by atoms with van der Waals surface area (Å²) in [5.41, 5.74) is 4.25. The molecule has 0 amide bonds. The Kier molecular flexibility index (Phi) is 4.43. The fourth-order valence-electron chi connectivity index (χ4n) is 2.11. The summed E-state index contributed by atoms with van der Waals surface area (Å²) in [6, 6.07) is 20.4. The second kappa shape index (κ2) is 6.26. The summed E-state index contributed by atoms with van der Waals surface area (Å²) in [6.45, 7) is 0. The van der Waals surface area contributed by atoms with Crippen LogP contribution >= 0.6 is 12.4 Å². The topological polar surface area (TPSA) is 40.7 Å². The molecular formula is C16H16ClN3. The number of anilines is 1. The highest BCUT2D eigenvalue weighted by molar-refractivity contribution is 5.85. The van der Waals surface area contributed by atoms with E-state index in [0.29, 0.717) is 0 Å². The minimum absolute atomic E-state index is 0. The van der Waals surface area contributed by atoms with Crippen molar-refractivity contribution in [2.45, 2.75) is 0 Å². The third-order valence-corrected chi connectivity index (χ3v) is 3.05. The first-order chi connectivity index (χ1) is 9.38. The molecule has 4 heteroatoms. The van der Waals surface area contributed by atoms with E-state index in [1.807, 2.05) is 43.4 Å². The third-order valence-electron chi connectivity index (χ3n) is 3.05. The first-order valence-electron chi connectivity index (χ1n) is 6.27. The third kappa shape index (κ3) is 2.68. The molecular weight excluding hydrogens is 270 g/mol. The Morgan fingerprint density at radius 1 is 0.850 bits per heavy atom. The smallest absolute Gasteiger partial charge is 0.200 e. The van der Waals surface area contributed by atoms with Crippen LogP contribution in [0.5, 0.6) is 0 Å². The number of halogens is 1. The van der Waals surface area contributed by atoms with Crippen molar-refractivity contribution in [1.29, 1.82) is 0 Å². The van der Waals surface area contributed by atoms with Crippen LogP contribution in [-0.4, -0.2) is 17.0 Å². The lowest BCUT2D eigenvalue weighted by Gasteiger charge is -2.02. The lowest BCUT2D eigenvalue weighted by Crippen LogP contribution is -1.89. The number of aromatic amines is 1. The summed E-state index contributed by atoms with van der Waals surface area (Å²) in [6.07, 6.45) is 0. The van der Waals surface area contributed by atoms with Crippen LogP contribution in [0.25, 0.3) is 22.5 Å². The number of imidazole rings is 1. The molecule has 0 saturated heterocycles. The first-order valence-corrected chi connectivity index (χ1v) is 6.27. The SMILES string of the molecule is CNc1nc(-c2ccccc2)c(-c2ccccc2)[nH]1.Cl. The van der Waals surface area contributed by atoms with Gasteiger partial charge in [0, 0.05) is 18.2 Å². The zero-order chi connectivity index (χ0) is 13.1. The summed E-state index contributed by atoms with van der Waals surface area (Å²) < 4.78 is 0. The summed E-state index contributed by atoms with van der Waals surface area (Å²) in [4.78, 5) is 7.93. The van der Waals surface area contributed by atoms with Gasteiger partial charge in [-0.05, 0) is 0 Å². The van der Waals surface area contributed by atoms with E-state index in [4.69, 9.17) is 0 Å². The van der Waals surface area contributed by atoms with Gasteiger partial charge in [-0.3, -0.25) is 0 Å². The van der Waals surface area contributed by atoms with Gasteiger partial charge in [0.2, 0.25) is 5.95 Å². The van der Waals surface area contributed by atoms with Gasteiger partial charge in [-0.2, -0.15) is 0 Å². The molecule has 0 radical (unpaired) electrons. The maximum Gasteiger partial charge on any atom is 0.200 e. The van der Waals surface area contributed by atoms with E-state index in [-0.39, 0.29) is 12.4 Å². The van der Waals surface area contributed by atoms with Gasteiger partial charge in [-0.1, -0.05) is 60.7 Å².